The molecular formula is C59H39NS2. The molecule has 2 aromatic heterocycles. The number of fused-ring (bicyclic) bond motifs is 6. The molecule has 12 rings (SSSR count). The minimum atomic E-state index is -0.455. The van der Waals surface area contributed by atoms with Crippen LogP contribution in [-0.4, -0.2) is 0 Å². The van der Waals surface area contributed by atoms with Crippen LogP contribution in [0, 0.1) is 0 Å². The van der Waals surface area contributed by atoms with Gasteiger partial charge >= 0.3 is 0 Å². The average Bonchev–Trinajstić information content (AvgIpc) is 4.07. The molecule has 1 aliphatic carbocycles. The first-order valence-electron chi connectivity index (χ1n) is 21.2. The lowest BCUT2D eigenvalue weighted by atomic mass is 9.68. The van der Waals surface area contributed by atoms with E-state index in [2.05, 4.69) is 241 Å². The summed E-state index contributed by atoms with van der Waals surface area (Å²) in [5.41, 5.74) is 15.5. The largest absolute Gasteiger partial charge is 0.310 e. The van der Waals surface area contributed by atoms with E-state index in [4.69, 9.17) is 0 Å². The third-order valence-corrected chi connectivity index (χ3v) is 14.9. The van der Waals surface area contributed by atoms with Gasteiger partial charge in [0.1, 0.15) is 0 Å². The van der Waals surface area contributed by atoms with Crippen LogP contribution in [-0.2, 0) is 5.41 Å². The van der Waals surface area contributed by atoms with Gasteiger partial charge in [0.25, 0.3) is 0 Å². The van der Waals surface area contributed by atoms with E-state index in [1.54, 1.807) is 0 Å². The summed E-state index contributed by atoms with van der Waals surface area (Å²) >= 11 is 3.70. The van der Waals surface area contributed by atoms with Gasteiger partial charge < -0.3 is 4.90 Å². The zero-order valence-electron chi connectivity index (χ0n) is 33.8. The molecule has 0 saturated heterocycles. The molecule has 0 fully saturated rings. The van der Waals surface area contributed by atoms with Crippen LogP contribution >= 0.6 is 22.7 Å². The van der Waals surface area contributed by atoms with Crippen LogP contribution < -0.4 is 4.90 Å². The fourth-order valence-corrected chi connectivity index (χ4v) is 11.9. The monoisotopic (exact) mass is 825 g/mol. The van der Waals surface area contributed by atoms with E-state index >= 15 is 0 Å². The first-order valence-corrected chi connectivity index (χ1v) is 22.8. The fourth-order valence-electron chi connectivity index (χ4n) is 9.78. The number of hydrogen-bond donors (Lipinski definition) is 0. The second-order valence-corrected chi connectivity index (χ2v) is 18.2. The molecule has 62 heavy (non-hydrogen) atoms. The molecule has 11 aromatic rings. The minimum Gasteiger partial charge on any atom is -0.310 e. The third kappa shape index (κ3) is 5.96. The van der Waals surface area contributed by atoms with Crippen molar-refractivity contribution < 1.29 is 0 Å². The van der Waals surface area contributed by atoms with Gasteiger partial charge in [0.2, 0.25) is 0 Å². The Morgan fingerprint density at radius 1 is 0.306 bits per heavy atom. The first kappa shape index (κ1) is 36.5. The van der Waals surface area contributed by atoms with Crippen molar-refractivity contribution in [3.8, 4) is 43.1 Å². The summed E-state index contributed by atoms with van der Waals surface area (Å²) in [6.45, 7) is 0. The van der Waals surface area contributed by atoms with Crippen LogP contribution in [0.1, 0.15) is 22.3 Å². The Kier molecular flexibility index (Phi) is 8.84. The number of anilines is 3. The molecule has 1 nitrogen and oxygen atoms in total. The molecule has 0 amide bonds. The molecule has 0 N–H and O–H groups in total. The van der Waals surface area contributed by atoms with Crippen LogP contribution in [0.15, 0.2) is 237 Å². The standard InChI is InChI=1S/C59H39NS2/c1-3-14-40(15-4-1)55-36-37-56(61-55)41-26-31-46(32-27-41)60(48-19-13-16-42(38-48)43-28-35-58-52(39-43)51-22-9-12-25-57(51)62-58)47-33-29-45(30-34-47)59(44-17-5-2-6-18-44)53-23-10-7-20-49(53)50-21-8-11-24-54(50)59/h1-39H. The van der Waals surface area contributed by atoms with Crippen molar-refractivity contribution in [2.75, 3.05) is 4.90 Å². The van der Waals surface area contributed by atoms with Gasteiger partial charge in [-0.3, -0.25) is 0 Å². The van der Waals surface area contributed by atoms with Crippen LogP contribution in [0.3, 0.4) is 0 Å². The lowest BCUT2D eigenvalue weighted by Gasteiger charge is -2.34. The molecule has 0 saturated carbocycles. The topological polar surface area (TPSA) is 3.24 Å². The van der Waals surface area contributed by atoms with E-state index in [1.807, 2.05) is 22.7 Å². The van der Waals surface area contributed by atoms with Crippen LogP contribution in [0.4, 0.5) is 17.1 Å². The number of benzene rings is 9. The summed E-state index contributed by atoms with van der Waals surface area (Å²) in [4.78, 5) is 4.94. The normalized spacial score (nSPS) is 12.6. The predicted molar refractivity (Wildman–Crippen MR) is 266 cm³/mol. The molecule has 2 heterocycles. The molecule has 0 bridgehead atoms. The van der Waals surface area contributed by atoms with Crippen molar-refractivity contribution in [1.29, 1.82) is 0 Å². The molecular weight excluding hydrogens is 787 g/mol. The molecule has 3 heteroatoms. The molecule has 1 aliphatic rings. The second kappa shape index (κ2) is 15.0. The summed E-state index contributed by atoms with van der Waals surface area (Å²) in [7, 11) is 0. The molecule has 0 atom stereocenters. The molecule has 292 valence electrons. The summed E-state index contributed by atoms with van der Waals surface area (Å²) in [6.07, 6.45) is 0. The Bertz CT molecular complexity index is 3350. The second-order valence-electron chi connectivity index (χ2n) is 16.0. The van der Waals surface area contributed by atoms with Gasteiger partial charge in [-0.25, -0.2) is 0 Å². The molecule has 0 spiro atoms. The number of nitrogens with zero attached hydrogens (tertiary/aromatic N) is 1. The van der Waals surface area contributed by atoms with Crippen molar-refractivity contribution in [1.82, 2.24) is 0 Å². The number of rotatable bonds is 8. The molecule has 0 radical (unpaired) electrons. The Hall–Kier alpha value is -7.30. The summed E-state index contributed by atoms with van der Waals surface area (Å²) in [5.74, 6) is 0. The van der Waals surface area contributed by atoms with Gasteiger partial charge in [0.05, 0.1) is 5.41 Å². The van der Waals surface area contributed by atoms with E-state index in [9.17, 15) is 0 Å². The maximum Gasteiger partial charge on any atom is 0.0713 e. The quantitative estimate of drug-likeness (QED) is 0.148. The molecule has 0 aliphatic heterocycles. The first-order chi connectivity index (χ1) is 30.7. The highest BCUT2D eigenvalue weighted by Crippen LogP contribution is 2.56. The predicted octanol–water partition coefficient (Wildman–Crippen LogP) is 16.9. The number of hydrogen-bond acceptors (Lipinski definition) is 3. The summed E-state index contributed by atoms with van der Waals surface area (Å²) < 4.78 is 2.64. The summed E-state index contributed by atoms with van der Waals surface area (Å²) in [5, 5.41) is 2.62. The van der Waals surface area contributed by atoms with E-state index in [1.165, 1.54) is 85.6 Å². The van der Waals surface area contributed by atoms with Gasteiger partial charge in [-0.2, -0.15) is 0 Å². The van der Waals surface area contributed by atoms with Crippen molar-refractivity contribution in [2.24, 2.45) is 0 Å². The van der Waals surface area contributed by atoms with Gasteiger partial charge in [-0.1, -0.05) is 170 Å². The van der Waals surface area contributed by atoms with Crippen molar-refractivity contribution >= 4 is 59.9 Å². The van der Waals surface area contributed by atoms with Crippen molar-refractivity contribution in [2.45, 2.75) is 5.41 Å². The zero-order chi connectivity index (χ0) is 41.0. The highest BCUT2D eigenvalue weighted by Gasteiger charge is 2.45. The number of thiophene rings is 2. The molecule has 9 aromatic carbocycles. The lowest BCUT2D eigenvalue weighted by Crippen LogP contribution is -2.28. The Labute approximate surface area is 370 Å². The minimum absolute atomic E-state index is 0.455. The zero-order valence-corrected chi connectivity index (χ0v) is 35.4. The highest BCUT2D eigenvalue weighted by molar-refractivity contribution is 7.25. The van der Waals surface area contributed by atoms with E-state index < -0.39 is 5.41 Å². The smallest absolute Gasteiger partial charge is 0.0713 e. The van der Waals surface area contributed by atoms with Crippen LogP contribution in [0.2, 0.25) is 0 Å². The highest BCUT2D eigenvalue weighted by atomic mass is 32.1. The van der Waals surface area contributed by atoms with Gasteiger partial charge in [-0.15, -0.1) is 22.7 Å². The Morgan fingerprint density at radius 3 is 1.53 bits per heavy atom. The Balaban J connectivity index is 0.988. The SMILES string of the molecule is c1ccc(-c2ccc(-c3ccc(N(c4ccc(C5(c6ccccc6)c6ccccc6-c6ccccc65)cc4)c4cccc(-c5ccc6sc7ccccc7c6c5)c4)cc3)s2)cc1. The van der Waals surface area contributed by atoms with E-state index in [-0.39, 0.29) is 0 Å². The molecule has 0 unspecified atom stereocenters. The van der Waals surface area contributed by atoms with E-state index in [0.717, 1.165) is 17.1 Å². The average molecular weight is 826 g/mol. The van der Waals surface area contributed by atoms with E-state index in [0.29, 0.717) is 0 Å². The maximum atomic E-state index is 2.41. The van der Waals surface area contributed by atoms with Crippen LogP contribution in [0.5, 0.6) is 0 Å². The third-order valence-electron chi connectivity index (χ3n) is 12.6. The Morgan fingerprint density at radius 2 is 0.823 bits per heavy atom. The van der Waals surface area contributed by atoms with Crippen LogP contribution in [0.25, 0.3) is 63.3 Å². The van der Waals surface area contributed by atoms with Gasteiger partial charge in [0, 0.05) is 47.0 Å². The van der Waals surface area contributed by atoms with Crippen molar-refractivity contribution in [3.05, 3.63) is 259 Å². The van der Waals surface area contributed by atoms with Gasteiger partial charge in [-0.05, 0) is 122 Å². The summed E-state index contributed by atoms with van der Waals surface area (Å²) in [6, 6.07) is 87.2. The fraction of sp³-hybridized carbons (Fsp3) is 0.0169. The maximum absolute atomic E-state index is 2.41. The van der Waals surface area contributed by atoms with Gasteiger partial charge in [0.15, 0.2) is 0 Å². The van der Waals surface area contributed by atoms with Crippen molar-refractivity contribution in [3.63, 3.8) is 0 Å². The lowest BCUT2D eigenvalue weighted by molar-refractivity contribution is 0.768.